The molecule has 2 aromatic rings. The average Bonchev–Trinajstić information content (AvgIpc) is 2.92. The smallest absolute Gasteiger partial charge is 0.407 e. The van der Waals surface area contributed by atoms with Crippen LogP contribution >= 0.6 is 12.2 Å². The van der Waals surface area contributed by atoms with Crippen molar-refractivity contribution in [2.45, 2.75) is 32.8 Å². The average molecular weight is 345 g/mol. The van der Waals surface area contributed by atoms with Gasteiger partial charge in [0.15, 0.2) is 4.77 Å². The summed E-state index contributed by atoms with van der Waals surface area (Å²) in [5.41, 5.74) is 1.65. The summed E-state index contributed by atoms with van der Waals surface area (Å²) < 4.78 is 7.76. The monoisotopic (exact) mass is 345 g/mol. The summed E-state index contributed by atoms with van der Waals surface area (Å²) in [7, 11) is 0. The van der Waals surface area contributed by atoms with Crippen LogP contribution < -0.4 is 5.32 Å². The Hall–Kier alpha value is -2.34. The summed E-state index contributed by atoms with van der Waals surface area (Å²) in [4.78, 5) is 14.5. The number of rotatable bonds is 5. The van der Waals surface area contributed by atoms with Crippen LogP contribution in [0.3, 0.4) is 0 Å². The van der Waals surface area contributed by atoms with Crippen molar-refractivity contribution in [1.82, 2.24) is 14.9 Å². The minimum atomic E-state index is -0.468. The molecule has 1 aromatic heterocycles. The first-order valence-corrected chi connectivity index (χ1v) is 8.26. The summed E-state index contributed by atoms with van der Waals surface area (Å²) in [6.45, 7) is 6.08. The predicted octanol–water partition coefficient (Wildman–Crippen LogP) is 4.46. The minimum Gasteiger partial charge on any atom is -0.444 e. The molecule has 0 aliphatic rings. The van der Waals surface area contributed by atoms with Crippen molar-refractivity contribution < 1.29 is 9.53 Å². The zero-order chi connectivity index (χ0) is 17.6. The van der Waals surface area contributed by atoms with E-state index in [0.29, 0.717) is 11.3 Å². The van der Waals surface area contributed by atoms with Crippen LogP contribution in [-0.4, -0.2) is 27.8 Å². The van der Waals surface area contributed by atoms with Gasteiger partial charge in [0.1, 0.15) is 5.60 Å². The third kappa shape index (κ3) is 5.70. The van der Waals surface area contributed by atoms with Crippen LogP contribution in [-0.2, 0) is 4.74 Å². The zero-order valence-electron chi connectivity index (χ0n) is 14.2. The number of nitrogens with zero attached hydrogens (tertiary/aromatic N) is 1. The molecule has 1 heterocycles. The molecule has 128 valence electrons. The third-order valence-electron chi connectivity index (χ3n) is 3.11. The fourth-order valence-corrected chi connectivity index (χ4v) is 2.30. The van der Waals surface area contributed by atoms with E-state index >= 15 is 0 Å². The molecular formula is C18H23N3O2S. The number of ether oxygens (including phenoxy) is 1. The zero-order valence-corrected chi connectivity index (χ0v) is 15.0. The van der Waals surface area contributed by atoms with Gasteiger partial charge in [0, 0.05) is 24.6 Å². The van der Waals surface area contributed by atoms with Crippen molar-refractivity contribution >= 4 is 24.4 Å². The molecule has 0 unspecified atom stereocenters. The van der Waals surface area contributed by atoms with Crippen molar-refractivity contribution in [3.05, 3.63) is 53.1 Å². The fraction of sp³-hybridized carbons (Fsp3) is 0.333. The van der Waals surface area contributed by atoms with Crippen LogP contribution in [0, 0.1) is 4.77 Å². The van der Waals surface area contributed by atoms with Gasteiger partial charge in [-0.2, -0.15) is 0 Å². The molecule has 0 spiro atoms. The summed E-state index contributed by atoms with van der Waals surface area (Å²) in [5.74, 6) is 0. The molecule has 0 saturated carbocycles. The highest BCUT2D eigenvalue weighted by atomic mass is 32.1. The Kier molecular flexibility index (Phi) is 5.98. The second kappa shape index (κ2) is 7.97. The van der Waals surface area contributed by atoms with Crippen molar-refractivity contribution in [1.29, 1.82) is 0 Å². The quantitative estimate of drug-likeness (QED) is 0.621. The fourth-order valence-electron chi connectivity index (χ4n) is 2.06. The maximum absolute atomic E-state index is 11.5. The molecule has 0 fully saturated rings. The second-order valence-corrected chi connectivity index (χ2v) is 6.73. The predicted molar refractivity (Wildman–Crippen MR) is 98.8 cm³/mol. The Labute approximate surface area is 147 Å². The summed E-state index contributed by atoms with van der Waals surface area (Å²) in [5, 5.41) is 2.73. The molecule has 0 radical (unpaired) electrons. The summed E-state index contributed by atoms with van der Waals surface area (Å²) >= 11 is 5.20. The van der Waals surface area contributed by atoms with Crippen molar-refractivity contribution in [2.24, 2.45) is 0 Å². The Morgan fingerprint density at radius 2 is 2.04 bits per heavy atom. The number of hydrogen-bond acceptors (Lipinski definition) is 3. The molecule has 0 bridgehead atoms. The van der Waals surface area contributed by atoms with Crippen LogP contribution in [0.4, 0.5) is 4.79 Å². The molecule has 1 amide bonds. The summed E-state index contributed by atoms with van der Waals surface area (Å²) in [6, 6.07) is 8.09. The normalized spacial score (nSPS) is 11.6. The van der Waals surface area contributed by atoms with Crippen LogP contribution in [0.2, 0.25) is 0 Å². The van der Waals surface area contributed by atoms with Crippen LogP contribution in [0.5, 0.6) is 0 Å². The van der Waals surface area contributed by atoms with Gasteiger partial charge in [0.05, 0.1) is 0 Å². The second-order valence-electron chi connectivity index (χ2n) is 6.35. The lowest BCUT2D eigenvalue weighted by Gasteiger charge is -2.19. The lowest BCUT2D eigenvalue weighted by Crippen LogP contribution is -2.32. The van der Waals surface area contributed by atoms with E-state index < -0.39 is 5.60 Å². The van der Waals surface area contributed by atoms with Crippen LogP contribution in [0.1, 0.15) is 32.8 Å². The number of imidazole rings is 1. The number of benzene rings is 1. The highest BCUT2D eigenvalue weighted by Crippen LogP contribution is 2.11. The maximum atomic E-state index is 11.5. The van der Waals surface area contributed by atoms with E-state index in [0.717, 1.165) is 17.7 Å². The van der Waals surface area contributed by atoms with Gasteiger partial charge in [-0.3, -0.25) is 4.57 Å². The van der Waals surface area contributed by atoms with Gasteiger partial charge in [-0.1, -0.05) is 24.3 Å². The van der Waals surface area contributed by atoms with Crippen LogP contribution in [0.25, 0.3) is 11.8 Å². The number of aromatic nitrogens is 2. The molecule has 2 rings (SSSR count). The lowest BCUT2D eigenvalue weighted by molar-refractivity contribution is 0.0529. The van der Waals surface area contributed by atoms with E-state index in [1.54, 1.807) is 0 Å². The Bertz CT molecular complexity index is 752. The molecule has 0 aliphatic carbocycles. The topological polar surface area (TPSA) is 59.0 Å². The molecule has 0 saturated heterocycles. The first-order chi connectivity index (χ1) is 11.3. The number of nitrogens with one attached hydrogen (secondary N) is 2. The summed E-state index contributed by atoms with van der Waals surface area (Å²) in [6.07, 6.45) is 8.11. The van der Waals surface area contributed by atoms with Gasteiger partial charge in [0.2, 0.25) is 0 Å². The SMILES string of the molecule is CC(C)(C)OC(=O)NCCC=Cc1ccc(-n2cc[nH]c2=S)cc1. The van der Waals surface area contributed by atoms with Gasteiger partial charge < -0.3 is 15.0 Å². The van der Waals surface area contributed by atoms with Crippen LogP contribution in [0.15, 0.2) is 42.7 Å². The van der Waals surface area contributed by atoms with Crippen molar-refractivity contribution in [2.75, 3.05) is 6.54 Å². The standard InChI is InChI=1S/C18H23N3O2S/c1-18(2,3)23-17(22)20-11-5-4-6-14-7-9-15(10-8-14)21-13-12-19-16(21)24/h4,6-10,12-13H,5,11H2,1-3H3,(H,19,24)(H,20,22). The Balaban J connectivity index is 1.80. The number of H-pyrrole nitrogens is 1. The molecule has 1 aromatic carbocycles. The molecule has 0 aliphatic heterocycles. The van der Waals surface area contributed by atoms with E-state index in [2.05, 4.69) is 10.3 Å². The number of carbonyl (C=O) groups excluding carboxylic acids is 1. The third-order valence-corrected chi connectivity index (χ3v) is 3.42. The Morgan fingerprint density at radius 1 is 1.33 bits per heavy atom. The van der Waals surface area contributed by atoms with E-state index in [1.807, 2.05) is 74.1 Å². The first kappa shape index (κ1) is 18.0. The molecule has 0 atom stereocenters. The number of carbonyl (C=O) groups is 1. The highest BCUT2D eigenvalue weighted by molar-refractivity contribution is 7.71. The van der Waals surface area contributed by atoms with Crippen molar-refractivity contribution in [3.63, 3.8) is 0 Å². The van der Waals surface area contributed by atoms with Gasteiger partial charge in [0.25, 0.3) is 0 Å². The molecule has 5 nitrogen and oxygen atoms in total. The molecular weight excluding hydrogens is 322 g/mol. The van der Waals surface area contributed by atoms with Gasteiger partial charge in [-0.25, -0.2) is 4.79 Å². The molecule has 24 heavy (non-hydrogen) atoms. The minimum absolute atomic E-state index is 0.386. The highest BCUT2D eigenvalue weighted by Gasteiger charge is 2.15. The van der Waals surface area contributed by atoms with E-state index in [9.17, 15) is 4.79 Å². The van der Waals surface area contributed by atoms with Gasteiger partial charge in [-0.05, 0) is 57.1 Å². The molecule has 2 N–H and O–H groups in total. The van der Waals surface area contributed by atoms with Crippen molar-refractivity contribution in [3.8, 4) is 5.69 Å². The lowest BCUT2D eigenvalue weighted by atomic mass is 10.2. The number of alkyl carbamates (subject to hydrolysis) is 1. The van der Waals surface area contributed by atoms with Gasteiger partial charge in [-0.15, -0.1) is 0 Å². The van der Waals surface area contributed by atoms with E-state index in [1.165, 1.54) is 0 Å². The largest absolute Gasteiger partial charge is 0.444 e. The van der Waals surface area contributed by atoms with E-state index in [4.69, 9.17) is 17.0 Å². The maximum Gasteiger partial charge on any atom is 0.407 e. The number of hydrogen-bond donors (Lipinski definition) is 2. The van der Waals surface area contributed by atoms with Gasteiger partial charge >= 0.3 is 6.09 Å². The molecule has 6 heteroatoms. The number of amides is 1. The number of aromatic amines is 1. The Morgan fingerprint density at radius 3 is 2.62 bits per heavy atom. The van der Waals surface area contributed by atoms with E-state index in [-0.39, 0.29) is 6.09 Å². The first-order valence-electron chi connectivity index (χ1n) is 7.85.